The van der Waals surface area contributed by atoms with Gasteiger partial charge in [0.05, 0.1) is 45.5 Å². The zero-order valence-electron chi connectivity index (χ0n) is 26.7. The molecule has 7 aromatic carbocycles. The maximum Gasteiger partial charge on any atom is 0.188 e. The zero-order chi connectivity index (χ0) is 33.8. The molecule has 0 saturated heterocycles. The van der Waals surface area contributed by atoms with Crippen LogP contribution in [0.3, 0.4) is 0 Å². The minimum Gasteiger partial charge on any atom is -0.309 e. The lowest BCUT2D eigenvalue weighted by molar-refractivity contribution is 1.17. The number of benzene rings is 7. The molecule has 9 rings (SSSR count). The standard InChI is InChI=1S/C45H25N5/c1-48-31-21-25-43-38(26-31)36-13-6-9-17-42(36)50(43)44-24-20-30(27-46)39(28-47)45(44)37-14-3-2-10-33(37)29-18-22-32(23-19-29)49-40-15-7-4-11-34(40)35-12-5-8-16-41(35)49/h2-26H. The normalized spacial score (nSPS) is 11.1. The number of nitriles is 2. The predicted octanol–water partition coefficient (Wildman–Crippen LogP) is 11.5. The lowest BCUT2D eigenvalue weighted by Crippen LogP contribution is -2.02. The fourth-order valence-corrected chi connectivity index (χ4v) is 7.49. The molecule has 0 atom stereocenters. The summed E-state index contributed by atoms with van der Waals surface area (Å²) in [6, 6.07) is 55.7. The van der Waals surface area contributed by atoms with Crippen LogP contribution >= 0.6 is 0 Å². The molecular formula is C45H25N5. The topological polar surface area (TPSA) is 61.8 Å². The van der Waals surface area contributed by atoms with Crippen LogP contribution in [0.2, 0.25) is 0 Å². The van der Waals surface area contributed by atoms with Crippen LogP contribution in [0.25, 0.3) is 82.1 Å². The largest absolute Gasteiger partial charge is 0.309 e. The molecule has 50 heavy (non-hydrogen) atoms. The summed E-state index contributed by atoms with van der Waals surface area (Å²) in [6.07, 6.45) is 0. The average Bonchev–Trinajstić information content (AvgIpc) is 3.70. The van der Waals surface area contributed by atoms with E-state index in [1.807, 2.05) is 54.6 Å². The summed E-state index contributed by atoms with van der Waals surface area (Å²) in [6.45, 7) is 7.62. The van der Waals surface area contributed by atoms with Crippen LogP contribution in [-0.4, -0.2) is 9.13 Å². The number of para-hydroxylation sites is 3. The first-order valence-corrected chi connectivity index (χ1v) is 16.3. The van der Waals surface area contributed by atoms with Crippen molar-refractivity contribution in [1.29, 1.82) is 10.5 Å². The third-order valence-corrected chi connectivity index (χ3v) is 9.65. The van der Waals surface area contributed by atoms with Gasteiger partial charge < -0.3 is 9.13 Å². The summed E-state index contributed by atoms with van der Waals surface area (Å²) in [5, 5.41) is 25.2. The van der Waals surface area contributed by atoms with Gasteiger partial charge in [-0.25, -0.2) is 4.85 Å². The van der Waals surface area contributed by atoms with Crippen LogP contribution in [0, 0.1) is 29.2 Å². The van der Waals surface area contributed by atoms with E-state index in [2.05, 4.69) is 117 Å². The van der Waals surface area contributed by atoms with E-state index in [9.17, 15) is 10.5 Å². The molecule has 0 saturated carbocycles. The van der Waals surface area contributed by atoms with Crippen molar-refractivity contribution in [2.24, 2.45) is 0 Å². The minimum absolute atomic E-state index is 0.318. The molecule has 0 amide bonds. The van der Waals surface area contributed by atoms with Gasteiger partial charge in [-0.15, -0.1) is 0 Å². The van der Waals surface area contributed by atoms with Crippen LogP contribution < -0.4 is 0 Å². The molecule has 2 heterocycles. The Morgan fingerprint density at radius 1 is 0.500 bits per heavy atom. The van der Waals surface area contributed by atoms with Crippen LogP contribution in [-0.2, 0) is 0 Å². The highest BCUT2D eigenvalue weighted by atomic mass is 15.0. The third kappa shape index (κ3) is 4.24. The molecule has 0 aliphatic rings. The molecule has 0 bridgehead atoms. The van der Waals surface area contributed by atoms with Crippen molar-refractivity contribution in [1.82, 2.24) is 9.13 Å². The third-order valence-electron chi connectivity index (χ3n) is 9.65. The predicted molar refractivity (Wildman–Crippen MR) is 202 cm³/mol. The van der Waals surface area contributed by atoms with Crippen LogP contribution in [0.4, 0.5) is 5.69 Å². The second kappa shape index (κ2) is 11.4. The Kier molecular flexibility index (Phi) is 6.56. The van der Waals surface area contributed by atoms with Crippen molar-refractivity contribution in [3.63, 3.8) is 0 Å². The van der Waals surface area contributed by atoms with E-state index in [-0.39, 0.29) is 0 Å². The number of rotatable bonds is 4. The highest BCUT2D eigenvalue weighted by Crippen LogP contribution is 2.43. The highest BCUT2D eigenvalue weighted by Gasteiger charge is 2.23. The first kappa shape index (κ1) is 28.8. The van der Waals surface area contributed by atoms with E-state index in [0.29, 0.717) is 22.4 Å². The van der Waals surface area contributed by atoms with Crippen molar-refractivity contribution in [3.8, 4) is 45.8 Å². The first-order valence-electron chi connectivity index (χ1n) is 16.3. The van der Waals surface area contributed by atoms with Crippen molar-refractivity contribution >= 4 is 49.3 Å². The van der Waals surface area contributed by atoms with Gasteiger partial charge in [0, 0.05) is 27.4 Å². The SMILES string of the molecule is [C-]#[N+]c1ccc2c(c1)c1ccccc1n2-c1ccc(C#N)c(C#N)c1-c1ccccc1-c1ccc(-n2c3ccccc3c3ccccc32)cc1. The summed E-state index contributed by atoms with van der Waals surface area (Å²) in [7, 11) is 0. The van der Waals surface area contributed by atoms with Gasteiger partial charge >= 0.3 is 0 Å². The molecule has 5 nitrogen and oxygen atoms in total. The molecule has 2 aromatic heterocycles. The van der Waals surface area contributed by atoms with Crippen molar-refractivity contribution in [2.45, 2.75) is 0 Å². The van der Waals surface area contributed by atoms with E-state index >= 15 is 0 Å². The lowest BCUT2D eigenvalue weighted by Gasteiger charge is -2.19. The molecule has 0 unspecified atom stereocenters. The Labute approximate surface area is 288 Å². The molecule has 0 spiro atoms. The van der Waals surface area contributed by atoms with E-state index in [1.54, 1.807) is 6.07 Å². The molecule has 0 fully saturated rings. The Balaban J connectivity index is 1.28. The highest BCUT2D eigenvalue weighted by molar-refractivity contribution is 6.11. The van der Waals surface area contributed by atoms with Gasteiger partial charge in [0.25, 0.3) is 0 Å². The van der Waals surface area contributed by atoms with Crippen molar-refractivity contribution in [3.05, 3.63) is 174 Å². The minimum atomic E-state index is 0.318. The summed E-state index contributed by atoms with van der Waals surface area (Å²) in [4.78, 5) is 3.68. The summed E-state index contributed by atoms with van der Waals surface area (Å²) < 4.78 is 4.45. The second-order valence-electron chi connectivity index (χ2n) is 12.2. The van der Waals surface area contributed by atoms with Crippen molar-refractivity contribution in [2.75, 3.05) is 0 Å². The molecule has 0 aliphatic heterocycles. The number of nitrogens with zero attached hydrogens (tertiary/aromatic N) is 5. The first-order chi connectivity index (χ1) is 24.7. The molecule has 9 aromatic rings. The van der Waals surface area contributed by atoms with Crippen LogP contribution in [0.1, 0.15) is 11.1 Å². The Bertz CT molecular complexity index is 2900. The Hall–Kier alpha value is -7.39. The molecule has 0 radical (unpaired) electrons. The van der Waals surface area contributed by atoms with Gasteiger partial charge in [0.1, 0.15) is 12.1 Å². The smallest absolute Gasteiger partial charge is 0.188 e. The maximum absolute atomic E-state index is 10.6. The summed E-state index contributed by atoms with van der Waals surface area (Å²) >= 11 is 0. The van der Waals surface area contributed by atoms with Crippen LogP contribution in [0.15, 0.2) is 152 Å². The van der Waals surface area contributed by atoms with Gasteiger partial charge in [0.2, 0.25) is 0 Å². The maximum atomic E-state index is 10.6. The van der Waals surface area contributed by atoms with E-state index in [1.165, 1.54) is 10.8 Å². The number of fused-ring (bicyclic) bond motifs is 6. The number of hydrogen-bond donors (Lipinski definition) is 0. The van der Waals surface area contributed by atoms with Gasteiger partial charge in [-0.3, -0.25) is 0 Å². The zero-order valence-corrected chi connectivity index (χ0v) is 26.7. The Morgan fingerprint density at radius 3 is 1.68 bits per heavy atom. The van der Waals surface area contributed by atoms with E-state index in [0.717, 1.165) is 60.9 Å². The molecule has 5 heteroatoms. The van der Waals surface area contributed by atoms with Gasteiger partial charge in [-0.05, 0) is 76.7 Å². The van der Waals surface area contributed by atoms with Gasteiger partial charge in [-0.1, -0.05) is 97.1 Å². The summed E-state index contributed by atoms with van der Waals surface area (Å²) in [5.74, 6) is 0. The molecule has 0 aliphatic carbocycles. The molecule has 0 N–H and O–H groups in total. The van der Waals surface area contributed by atoms with Crippen LogP contribution in [0.5, 0.6) is 0 Å². The summed E-state index contributed by atoms with van der Waals surface area (Å²) in [5.41, 5.74) is 10.7. The number of aromatic nitrogens is 2. The number of hydrogen-bond acceptors (Lipinski definition) is 2. The quantitative estimate of drug-likeness (QED) is 0.181. The van der Waals surface area contributed by atoms with Gasteiger partial charge in [-0.2, -0.15) is 10.5 Å². The van der Waals surface area contributed by atoms with Gasteiger partial charge in [0.15, 0.2) is 5.69 Å². The average molecular weight is 636 g/mol. The van der Waals surface area contributed by atoms with Crippen molar-refractivity contribution < 1.29 is 0 Å². The lowest BCUT2D eigenvalue weighted by atomic mass is 9.89. The van der Waals surface area contributed by atoms with E-state index < -0.39 is 0 Å². The fourth-order valence-electron chi connectivity index (χ4n) is 7.49. The second-order valence-corrected chi connectivity index (χ2v) is 12.2. The fraction of sp³-hybridized carbons (Fsp3) is 0. The molecular weight excluding hydrogens is 611 g/mol. The monoisotopic (exact) mass is 635 g/mol. The van der Waals surface area contributed by atoms with E-state index in [4.69, 9.17) is 6.57 Å². The Morgan fingerprint density at radius 2 is 1.06 bits per heavy atom. The molecule has 230 valence electrons.